The molecule has 0 unspecified atom stereocenters. The van der Waals surface area contributed by atoms with E-state index in [1.165, 1.54) is 5.57 Å². The van der Waals surface area contributed by atoms with E-state index in [4.69, 9.17) is 4.74 Å². The lowest BCUT2D eigenvalue weighted by Crippen LogP contribution is -2.24. The highest BCUT2D eigenvalue weighted by molar-refractivity contribution is 5.86. The molecule has 0 bridgehead atoms. The molecule has 0 aliphatic heterocycles. The Labute approximate surface area is 119 Å². The van der Waals surface area contributed by atoms with Gasteiger partial charge in [-0.15, -0.1) is 0 Å². The Balaban J connectivity index is 2.82. The number of pyridine rings is 1. The fraction of sp³-hybridized carbons (Fsp3) is 0.353. The second-order valence-electron chi connectivity index (χ2n) is 5.06. The Morgan fingerprint density at radius 2 is 2.00 bits per heavy atom. The number of aryl methyl sites for hydroxylation is 1. The van der Waals surface area contributed by atoms with Crippen molar-refractivity contribution in [3.63, 3.8) is 0 Å². The number of hydrogen-bond acceptors (Lipinski definition) is 2. The maximum Gasteiger partial charge on any atom is 0.258 e. The third kappa shape index (κ3) is 2.48. The highest BCUT2D eigenvalue weighted by Gasteiger charge is 2.15. The summed E-state index contributed by atoms with van der Waals surface area (Å²) in [5.74, 6) is 0.702. The van der Waals surface area contributed by atoms with Gasteiger partial charge in [-0.05, 0) is 39.3 Å². The molecule has 3 heteroatoms. The number of allylic oxidation sites excluding steroid dienone is 2. The van der Waals surface area contributed by atoms with Gasteiger partial charge in [0.05, 0.1) is 18.2 Å². The molecule has 0 radical (unpaired) electrons. The number of para-hydroxylation sites is 1. The molecule has 20 heavy (non-hydrogen) atoms. The van der Waals surface area contributed by atoms with Crippen LogP contribution in [0.5, 0.6) is 5.75 Å². The number of benzene rings is 1. The average molecular weight is 271 g/mol. The van der Waals surface area contributed by atoms with Gasteiger partial charge in [0.2, 0.25) is 0 Å². The fourth-order valence-electron chi connectivity index (χ4n) is 2.47. The summed E-state index contributed by atoms with van der Waals surface area (Å²) >= 11 is 0. The van der Waals surface area contributed by atoms with Crippen molar-refractivity contribution in [1.82, 2.24) is 4.57 Å². The highest BCUT2D eigenvalue weighted by atomic mass is 16.5. The zero-order valence-electron chi connectivity index (χ0n) is 12.6. The van der Waals surface area contributed by atoms with E-state index < -0.39 is 0 Å². The van der Waals surface area contributed by atoms with E-state index in [0.717, 1.165) is 16.5 Å². The van der Waals surface area contributed by atoms with Crippen molar-refractivity contribution < 1.29 is 4.74 Å². The Bertz CT molecular complexity index is 707. The molecule has 106 valence electrons. The number of aromatic nitrogens is 1. The summed E-state index contributed by atoms with van der Waals surface area (Å²) in [6.45, 7) is 6.72. The van der Waals surface area contributed by atoms with Crippen LogP contribution in [0.3, 0.4) is 0 Å². The topological polar surface area (TPSA) is 31.2 Å². The van der Waals surface area contributed by atoms with Gasteiger partial charge >= 0.3 is 0 Å². The Morgan fingerprint density at radius 3 is 2.60 bits per heavy atom. The minimum Gasteiger partial charge on any atom is -0.496 e. The third-order valence-corrected chi connectivity index (χ3v) is 3.45. The van der Waals surface area contributed by atoms with Gasteiger partial charge in [-0.25, -0.2) is 0 Å². The molecule has 0 saturated heterocycles. The number of nitrogens with zero attached hydrogens (tertiary/aromatic N) is 1. The predicted octanol–water partition coefficient (Wildman–Crippen LogP) is 3.54. The van der Waals surface area contributed by atoms with Gasteiger partial charge in [0.25, 0.3) is 5.56 Å². The van der Waals surface area contributed by atoms with Crippen molar-refractivity contribution >= 4 is 10.9 Å². The lowest BCUT2D eigenvalue weighted by Gasteiger charge is -2.15. The van der Waals surface area contributed by atoms with Crippen LogP contribution in [-0.2, 0) is 13.0 Å². The Hall–Kier alpha value is -2.03. The number of methoxy groups -OCH3 is 1. The normalized spacial score (nSPS) is 10.6. The number of hydrogen-bond donors (Lipinski definition) is 0. The van der Waals surface area contributed by atoms with Gasteiger partial charge in [0.1, 0.15) is 5.75 Å². The van der Waals surface area contributed by atoms with E-state index >= 15 is 0 Å². The van der Waals surface area contributed by atoms with Crippen LogP contribution in [-0.4, -0.2) is 11.7 Å². The third-order valence-electron chi connectivity index (χ3n) is 3.45. The van der Waals surface area contributed by atoms with Crippen LogP contribution in [0.4, 0.5) is 0 Å². The molecule has 1 aromatic heterocycles. The predicted molar refractivity (Wildman–Crippen MR) is 83.6 cm³/mol. The SMILES string of the molecule is CCn1c(=O)c(CC=C(C)C)c(OC)c2ccccc21. The van der Waals surface area contributed by atoms with E-state index in [-0.39, 0.29) is 5.56 Å². The summed E-state index contributed by atoms with van der Waals surface area (Å²) in [5, 5.41) is 0.994. The summed E-state index contributed by atoms with van der Waals surface area (Å²) < 4.78 is 7.34. The molecule has 3 nitrogen and oxygen atoms in total. The summed E-state index contributed by atoms with van der Waals surface area (Å²) in [5.41, 5.74) is 2.90. The van der Waals surface area contributed by atoms with Crippen LogP contribution in [0.25, 0.3) is 10.9 Å². The largest absolute Gasteiger partial charge is 0.496 e. The maximum atomic E-state index is 12.7. The zero-order valence-corrected chi connectivity index (χ0v) is 12.6. The van der Waals surface area contributed by atoms with E-state index in [0.29, 0.717) is 18.7 Å². The van der Waals surface area contributed by atoms with E-state index in [2.05, 4.69) is 6.08 Å². The second-order valence-corrected chi connectivity index (χ2v) is 5.06. The molecule has 0 fully saturated rings. The van der Waals surface area contributed by atoms with E-state index in [1.54, 1.807) is 7.11 Å². The van der Waals surface area contributed by atoms with Crippen molar-refractivity contribution in [3.8, 4) is 5.75 Å². The number of rotatable bonds is 4. The molecular weight excluding hydrogens is 250 g/mol. The van der Waals surface area contributed by atoms with Crippen LogP contribution in [0.15, 0.2) is 40.7 Å². The highest BCUT2D eigenvalue weighted by Crippen LogP contribution is 2.27. The Kier molecular flexibility index (Phi) is 4.28. The molecule has 0 amide bonds. The monoisotopic (exact) mass is 271 g/mol. The van der Waals surface area contributed by atoms with E-state index in [1.807, 2.05) is 49.6 Å². The smallest absolute Gasteiger partial charge is 0.258 e. The zero-order chi connectivity index (χ0) is 14.7. The van der Waals surface area contributed by atoms with Gasteiger partial charge in [-0.2, -0.15) is 0 Å². The minimum absolute atomic E-state index is 0.0422. The van der Waals surface area contributed by atoms with Crippen molar-refractivity contribution in [3.05, 3.63) is 51.8 Å². The molecule has 2 aromatic rings. The van der Waals surface area contributed by atoms with Crippen LogP contribution in [0.1, 0.15) is 26.3 Å². The van der Waals surface area contributed by atoms with Crippen molar-refractivity contribution in [1.29, 1.82) is 0 Å². The molecular formula is C17H21NO2. The van der Waals surface area contributed by atoms with Gasteiger partial charge in [-0.3, -0.25) is 4.79 Å². The molecule has 0 aliphatic carbocycles. The first-order chi connectivity index (χ1) is 9.60. The molecule has 0 saturated carbocycles. The first-order valence-electron chi connectivity index (χ1n) is 6.91. The fourth-order valence-corrected chi connectivity index (χ4v) is 2.47. The molecule has 1 aromatic carbocycles. The molecule has 0 atom stereocenters. The minimum atomic E-state index is 0.0422. The lowest BCUT2D eigenvalue weighted by atomic mass is 10.1. The van der Waals surface area contributed by atoms with Gasteiger partial charge in [0, 0.05) is 11.9 Å². The average Bonchev–Trinajstić information content (AvgIpc) is 2.44. The summed E-state index contributed by atoms with van der Waals surface area (Å²) in [6, 6.07) is 7.89. The summed E-state index contributed by atoms with van der Waals surface area (Å²) in [4.78, 5) is 12.7. The quantitative estimate of drug-likeness (QED) is 0.796. The van der Waals surface area contributed by atoms with Crippen LogP contribution in [0.2, 0.25) is 0 Å². The second kappa shape index (κ2) is 5.95. The molecule has 2 rings (SSSR count). The van der Waals surface area contributed by atoms with Crippen LogP contribution >= 0.6 is 0 Å². The van der Waals surface area contributed by atoms with Crippen molar-refractivity contribution in [2.75, 3.05) is 7.11 Å². The first-order valence-corrected chi connectivity index (χ1v) is 6.91. The molecule has 0 spiro atoms. The lowest BCUT2D eigenvalue weighted by molar-refractivity contribution is 0.413. The number of fused-ring (bicyclic) bond motifs is 1. The maximum absolute atomic E-state index is 12.7. The van der Waals surface area contributed by atoms with Crippen LogP contribution in [0, 0.1) is 0 Å². The molecule has 1 heterocycles. The molecule has 0 N–H and O–H groups in total. The van der Waals surface area contributed by atoms with Crippen molar-refractivity contribution in [2.24, 2.45) is 0 Å². The van der Waals surface area contributed by atoms with E-state index in [9.17, 15) is 4.79 Å². The summed E-state index contributed by atoms with van der Waals surface area (Å²) in [7, 11) is 1.63. The first kappa shape index (κ1) is 14.4. The van der Waals surface area contributed by atoms with Gasteiger partial charge < -0.3 is 9.30 Å². The van der Waals surface area contributed by atoms with Gasteiger partial charge in [-0.1, -0.05) is 23.8 Å². The molecule has 0 aliphatic rings. The summed E-state index contributed by atoms with van der Waals surface area (Å²) in [6.07, 6.45) is 2.67. The van der Waals surface area contributed by atoms with Gasteiger partial charge in [0.15, 0.2) is 0 Å². The standard InChI is InChI=1S/C17H21NO2/c1-5-18-15-9-7-6-8-13(15)16(20-4)14(17(18)19)11-10-12(2)3/h6-10H,5,11H2,1-4H3. The Morgan fingerprint density at radius 1 is 1.30 bits per heavy atom. The van der Waals surface area contributed by atoms with Crippen LogP contribution < -0.4 is 10.3 Å². The van der Waals surface area contributed by atoms with Crippen molar-refractivity contribution in [2.45, 2.75) is 33.7 Å². The number of ether oxygens (including phenoxy) is 1.